The molecule has 1 saturated heterocycles. The Hall–Kier alpha value is -1.78. The van der Waals surface area contributed by atoms with Crippen LogP contribution in [0.25, 0.3) is 0 Å². The van der Waals surface area contributed by atoms with Crippen molar-refractivity contribution in [3.63, 3.8) is 0 Å². The van der Waals surface area contributed by atoms with Gasteiger partial charge in [-0.15, -0.1) is 0 Å². The number of rotatable bonds is 2. The van der Waals surface area contributed by atoms with Crippen molar-refractivity contribution in [2.45, 2.75) is 0 Å². The van der Waals surface area contributed by atoms with E-state index in [-0.39, 0.29) is 5.91 Å². The molecular weight excluding hydrogens is 321 g/mol. The number of halogens is 2. The molecule has 0 aliphatic carbocycles. The highest BCUT2D eigenvalue weighted by Gasteiger charge is 2.22. The molecule has 114 valence electrons. The van der Waals surface area contributed by atoms with Crippen molar-refractivity contribution in [3.05, 3.63) is 58.3 Å². The molecule has 0 atom stereocenters. The van der Waals surface area contributed by atoms with E-state index in [2.05, 4.69) is 9.88 Å². The van der Waals surface area contributed by atoms with Gasteiger partial charge >= 0.3 is 0 Å². The first-order chi connectivity index (χ1) is 10.6. The summed E-state index contributed by atoms with van der Waals surface area (Å²) < 4.78 is 0. The minimum Gasteiger partial charge on any atom is -0.368 e. The number of carbonyl (C=O) groups is 1. The van der Waals surface area contributed by atoms with Crippen molar-refractivity contribution in [2.75, 3.05) is 31.1 Å². The Bertz CT molecular complexity index is 667. The summed E-state index contributed by atoms with van der Waals surface area (Å²) in [5.41, 5.74) is 1.66. The van der Waals surface area contributed by atoms with Gasteiger partial charge in [-0.25, -0.2) is 4.98 Å². The third-order valence-corrected chi connectivity index (χ3v) is 4.17. The van der Waals surface area contributed by atoms with Crippen LogP contribution in [0.1, 0.15) is 10.4 Å². The minimum absolute atomic E-state index is 0.00471. The smallest absolute Gasteiger partial charge is 0.255 e. The van der Waals surface area contributed by atoms with Gasteiger partial charge in [0.1, 0.15) is 5.15 Å². The Morgan fingerprint density at radius 1 is 1.05 bits per heavy atom. The van der Waals surface area contributed by atoms with Gasteiger partial charge < -0.3 is 9.80 Å². The van der Waals surface area contributed by atoms with E-state index in [0.717, 1.165) is 23.8 Å². The lowest BCUT2D eigenvalue weighted by molar-refractivity contribution is 0.0746. The molecule has 6 heteroatoms. The van der Waals surface area contributed by atoms with Crippen LogP contribution in [-0.4, -0.2) is 42.0 Å². The Morgan fingerprint density at radius 3 is 2.45 bits per heavy atom. The molecule has 4 nitrogen and oxygen atoms in total. The molecule has 0 saturated carbocycles. The van der Waals surface area contributed by atoms with Crippen molar-refractivity contribution in [1.29, 1.82) is 0 Å². The molecule has 1 aliphatic rings. The summed E-state index contributed by atoms with van der Waals surface area (Å²) in [7, 11) is 0. The van der Waals surface area contributed by atoms with E-state index in [9.17, 15) is 4.79 Å². The SMILES string of the molecule is O=C(c1ccc(Cl)nc1)N1CCN(c2cccc(Cl)c2)CC1. The molecule has 1 fully saturated rings. The third-order valence-electron chi connectivity index (χ3n) is 3.71. The average molecular weight is 336 g/mol. The molecule has 1 aromatic carbocycles. The fourth-order valence-electron chi connectivity index (χ4n) is 2.53. The highest BCUT2D eigenvalue weighted by molar-refractivity contribution is 6.30. The first kappa shape index (κ1) is 15.1. The Balaban J connectivity index is 1.64. The highest BCUT2D eigenvalue weighted by Crippen LogP contribution is 2.21. The van der Waals surface area contributed by atoms with Gasteiger partial charge in [-0.05, 0) is 30.3 Å². The fraction of sp³-hybridized carbons (Fsp3) is 0.250. The topological polar surface area (TPSA) is 36.4 Å². The summed E-state index contributed by atoms with van der Waals surface area (Å²) in [6.45, 7) is 2.92. The second-order valence-corrected chi connectivity index (χ2v) is 5.95. The highest BCUT2D eigenvalue weighted by atomic mass is 35.5. The molecule has 0 bridgehead atoms. The largest absolute Gasteiger partial charge is 0.368 e. The zero-order valence-electron chi connectivity index (χ0n) is 11.9. The number of anilines is 1. The number of hydrogen-bond acceptors (Lipinski definition) is 3. The molecule has 1 amide bonds. The molecule has 3 rings (SSSR count). The van der Waals surface area contributed by atoms with Gasteiger partial charge in [-0.1, -0.05) is 29.3 Å². The van der Waals surface area contributed by atoms with Crippen molar-refractivity contribution in [2.24, 2.45) is 0 Å². The van der Waals surface area contributed by atoms with Crippen molar-refractivity contribution in [3.8, 4) is 0 Å². The van der Waals surface area contributed by atoms with Crippen LogP contribution >= 0.6 is 23.2 Å². The maximum Gasteiger partial charge on any atom is 0.255 e. The molecule has 0 spiro atoms. The normalized spacial score (nSPS) is 15.0. The van der Waals surface area contributed by atoms with Crippen LogP contribution < -0.4 is 4.90 Å². The number of hydrogen-bond donors (Lipinski definition) is 0. The van der Waals surface area contributed by atoms with Crippen LogP contribution in [0.4, 0.5) is 5.69 Å². The van der Waals surface area contributed by atoms with Gasteiger partial charge in [-0.2, -0.15) is 0 Å². The van der Waals surface area contributed by atoms with Crippen molar-refractivity contribution in [1.82, 2.24) is 9.88 Å². The number of carbonyl (C=O) groups excluding carboxylic acids is 1. The number of pyridine rings is 1. The Labute approximate surface area is 139 Å². The van der Waals surface area contributed by atoms with Crippen LogP contribution in [0.2, 0.25) is 10.2 Å². The third kappa shape index (κ3) is 3.34. The van der Waals surface area contributed by atoms with Gasteiger partial charge in [0, 0.05) is 43.1 Å². The number of aromatic nitrogens is 1. The lowest BCUT2D eigenvalue weighted by Crippen LogP contribution is -2.48. The summed E-state index contributed by atoms with van der Waals surface area (Å²) >= 11 is 11.8. The summed E-state index contributed by atoms with van der Waals surface area (Å²) in [5, 5.41) is 1.12. The van der Waals surface area contributed by atoms with Crippen LogP contribution in [0.3, 0.4) is 0 Å². The van der Waals surface area contributed by atoms with Gasteiger partial charge in [0.25, 0.3) is 5.91 Å². The van der Waals surface area contributed by atoms with Gasteiger partial charge in [0.05, 0.1) is 5.56 Å². The van der Waals surface area contributed by atoms with E-state index >= 15 is 0 Å². The number of nitrogens with zero attached hydrogens (tertiary/aromatic N) is 3. The molecule has 2 heterocycles. The van der Waals surface area contributed by atoms with Gasteiger partial charge in [0.2, 0.25) is 0 Å². The van der Waals surface area contributed by atoms with E-state index in [4.69, 9.17) is 23.2 Å². The lowest BCUT2D eigenvalue weighted by atomic mass is 10.2. The van der Waals surface area contributed by atoms with E-state index in [1.165, 1.54) is 6.20 Å². The van der Waals surface area contributed by atoms with Crippen LogP contribution in [-0.2, 0) is 0 Å². The maximum atomic E-state index is 12.4. The molecule has 2 aromatic rings. The zero-order valence-corrected chi connectivity index (χ0v) is 13.4. The summed E-state index contributed by atoms with van der Waals surface area (Å²) in [6.07, 6.45) is 1.52. The second kappa shape index (κ2) is 6.55. The minimum atomic E-state index is -0.00471. The molecule has 0 unspecified atom stereocenters. The zero-order chi connectivity index (χ0) is 15.5. The van der Waals surface area contributed by atoms with Crippen LogP contribution in [0.5, 0.6) is 0 Å². The van der Waals surface area contributed by atoms with E-state index in [1.54, 1.807) is 12.1 Å². The number of piperazine rings is 1. The molecule has 1 aromatic heterocycles. The van der Waals surface area contributed by atoms with E-state index in [1.807, 2.05) is 29.2 Å². The predicted octanol–water partition coefficient (Wildman–Crippen LogP) is 3.35. The Morgan fingerprint density at radius 2 is 1.82 bits per heavy atom. The molecule has 1 aliphatic heterocycles. The molecular formula is C16H15Cl2N3O. The Kier molecular flexibility index (Phi) is 4.50. The fourth-order valence-corrected chi connectivity index (χ4v) is 2.82. The maximum absolute atomic E-state index is 12.4. The van der Waals surface area contributed by atoms with Crippen LogP contribution in [0, 0.1) is 0 Å². The van der Waals surface area contributed by atoms with E-state index in [0.29, 0.717) is 23.8 Å². The van der Waals surface area contributed by atoms with Gasteiger partial charge in [0.15, 0.2) is 0 Å². The summed E-state index contributed by atoms with van der Waals surface area (Å²) in [4.78, 5) is 20.4. The first-order valence-corrected chi connectivity index (χ1v) is 7.80. The first-order valence-electron chi connectivity index (χ1n) is 7.05. The average Bonchev–Trinajstić information content (AvgIpc) is 2.55. The summed E-state index contributed by atoms with van der Waals surface area (Å²) in [5.74, 6) is -0.00471. The standard InChI is InChI=1S/C16H15Cl2N3O/c17-13-2-1-3-14(10-13)20-6-8-21(9-7-20)16(22)12-4-5-15(18)19-11-12/h1-5,10-11H,6-9H2. The monoisotopic (exact) mass is 335 g/mol. The number of benzene rings is 1. The summed E-state index contributed by atoms with van der Waals surface area (Å²) in [6, 6.07) is 11.1. The van der Waals surface area contributed by atoms with Crippen molar-refractivity contribution >= 4 is 34.8 Å². The van der Waals surface area contributed by atoms with Gasteiger partial charge in [-0.3, -0.25) is 4.79 Å². The van der Waals surface area contributed by atoms with Crippen LogP contribution in [0.15, 0.2) is 42.6 Å². The molecule has 0 radical (unpaired) electrons. The van der Waals surface area contributed by atoms with Crippen molar-refractivity contribution < 1.29 is 4.79 Å². The predicted molar refractivity (Wildman–Crippen MR) is 88.8 cm³/mol. The molecule has 22 heavy (non-hydrogen) atoms. The number of amides is 1. The lowest BCUT2D eigenvalue weighted by Gasteiger charge is -2.36. The van der Waals surface area contributed by atoms with E-state index < -0.39 is 0 Å². The second-order valence-electron chi connectivity index (χ2n) is 5.13. The molecule has 0 N–H and O–H groups in total. The quantitative estimate of drug-likeness (QED) is 0.789.